The third kappa shape index (κ3) is 5.13. The van der Waals surface area contributed by atoms with Gasteiger partial charge in [-0.2, -0.15) is 0 Å². The highest BCUT2D eigenvalue weighted by molar-refractivity contribution is 5.97. The number of likely N-dealkylation sites (tertiary alicyclic amines) is 1. The second-order valence-electron chi connectivity index (χ2n) is 7.34. The minimum absolute atomic E-state index is 0.0371. The molecule has 1 atom stereocenters. The summed E-state index contributed by atoms with van der Waals surface area (Å²) in [6, 6.07) is 5.13. The fourth-order valence-corrected chi connectivity index (χ4v) is 3.21. The van der Waals surface area contributed by atoms with Crippen molar-refractivity contribution in [3.8, 4) is 11.5 Å². The molecule has 2 aliphatic rings. The molecular weight excluding hydrogens is 348 g/mol. The molecule has 7 nitrogen and oxygen atoms in total. The van der Waals surface area contributed by atoms with Gasteiger partial charge < -0.3 is 24.8 Å². The van der Waals surface area contributed by atoms with Gasteiger partial charge >= 0.3 is 0 Å². The number of carbonyl (C=O) groups excluding carboxylic acids is 2. The zero-order valence-corrected chi connectivity index (χ0v) is 15.9. The lowest BCUT2D eigenvalue weighted by molar-refractivity contribution is -0.134. The first-order valence-electron chi connectivity index (χ1n) is 9.57. The Kier molecular flexibility index (Phi) is 6.21. The Morgan fingerprint density at radius 1 is 1.26 bits per heavy atom. The van der Waals surface area contributed by atoms with E-state index in [-0.39, 0.29) is 30.4 Å². The first kappa shape index (κ1) is 19.5. The summed E-state index contributed by atoms with van der Waals surface area (Å²) in [4.78, 5) is 26.6. The van der Waals surface area contributed by atoms with Gasteiger partial charge in [-0.15, -0.1) is 0 Å². The van der Waals surface area contributed by atoms with E-state index in [1.807, 2.05) is 4.90 Å². The van der Waals surface area contributed by atoms with Crippen molar-refractivity contribution in [1.29, 1.82) is 0 Å². The number of nitrogens with zero attached hydrogens (tertiary/aromatic N) is 1. The standard InChI is InChI=1S/C20H28N2O5/c1-13(23)12-21-19(24)17-11-16(26-2)5-6-18(17)27-15-7-9-22(10-8-15)20(25)14-3-4-14/h5-6,11,13-15,23H,3-4,7-10,12H2,1-2H3,(H,21,24)/t13-/m1/s1. The van der Waals surface area contributed by atoms with E-state index in [0.717, 1.165) is 25.7 Å². The first-order chi connectivity index (χ1) is 13.0. The summed E-state index contributed by atoms with van der Waals surface area (Å²) in [6.45, 7) is 3.16. The lowest BCUT2D eigenvalue weighted by Crippen LogP contribution is -2.42. The summed E-state index contributed by atoms with van der Waals surface area (Å²) in [7, 11) is 1.54. The van der Waals surface area contributed by atoms with Crippen molar-refractivity contribution >= 4 is 11.8 Å². The summed E-state index contributed by atoms with van der Waals surface area (Å²) in [5.41, 5.74) is 0.381. The molecule has 27 heavy (non-hydrogen) atoms. The van der Waals surface area contributed by atoms with Crippen LogP contribution in [0, 0.1) is 5.92 Å². The number of piperidine rings is 1. The van der Waals surface area contributed by atoms with Crippen LogP contribution in [0.1, 0.15) is 43.0 Å². The van der Waals surface area contributed by atoms with Crippen LogP contribution < -0.4 is 14.8 Å². The molecule has 1 saturated heterocycles. The van der Waals surface area contributed by atoms with E-state index in [1.165, 1.54) is 0 Å². The van der Waals surface area contributed by atoms with E-state index in [9.17, 15) is 14.7 Å². The maximum atomic E-state index is 12.5. The summed E-state index contributed by atoms with van der Waals surface area (Å²) in [5, 5.41) is 12.1. The van der Waals surface area contributed by atoms with Crippen molar-refractivity contribution in [1.82, 2.24) is 10.2 Å². The minimum atomic E-state index is -0.628. The normalized spacial score (nSPS) is 18.7. The topological polar surface area (TPSA) is 88.1 Å². The number of aliphatic hydroxyl groups excluding tert-OH is 1. The van der Waals surface area contributed by atoms with Gasteiger partial charge in [-0.25, -0.2) is 0 Å². The molecule has 1 aliphatic heterocycles. The molecule has 0 radical (unpaired) electrons. The van der Waals surface area contributed by atoms with Gasteiger partial charge in [0.2, 0.25) is 5.91 Å². The molecule has 1 aliphatic carbocycles. The van der Waals surface area contributed by atoms with E-state index in [1.54, 1.807) is 32.2 Å². The molecule has 1 heterocycles. The second kappa shape index (κ2) is 8.61. The molecule has 1 aromatic carbocycles. The van der Waals surface area contributed by atoms with E-state index >= 15 is 0 Å². The van der Waals surface area contributed by atoms with Crippen LogP contribution in [0.5, 0.6) is 11.5 Å². The maximum absolute atomic E-state index is 12.5. The van der Waals surface area contributed by atoms with Crippen molar-refractivity contribution < 1.29 is 24.2 Å². The Balaban J connectivity index is 1.63. The van der Waals surface area contributed by atoms with Crippen molar-refractivity contribution in [3.05, 3.63) is 23.8 Å². The summed E-state index contributed by atoms with van der Waals surface area (Å²) >= 11 is 0. The van der Waals surface area contributed by atoms with Crippen molar-refractivity contribution in [2.45, 2.75) is 44.8 Å². The van der Waals surface area contributed by atoms with Gasteiger partial charge in [0.15, 0.2) is 0 Å². The van der Waals surface area contributed by atoms with E-state index in [2.05, 4.69) is 5.32 Å². The fourth-order valence-electron chi connectivity index (χ4n) is 3.21. The Labute approximate surface area is 159 Å². The van der Waals surface area contributed by atoms with Gasteiger partial charge in [0.05, 0.1) is 18.8 Å². The Hall–Kier alpha value is -2.28. The number of nitrogens with one attached hydrogen (secondary N) is 1. The fraction of sp³-hybridized carbons (Fsp3) is 0.600. The largest absolute Gasteiger partial charge is 0.497 e. The number of hydrogen-bond acceptors (Lipinski definition) is 5. The molecule has 0 spiro atoms. The molecular formula is C20H28N2O5. The average molecular weight is 376 g/mol. The Bertz CT molecular complexity index is 679. The van der Waals surface area contributed by atoms with E-state index < -0.39 is 6.10 Å². The number of hydrogen-bond donors (Lipinski definition) is 2. The molecule has 0 bridgehead atoms. The number of methoxy groups -OCH3 is 1. The van der Waals surface area contributed by atoms with Crippen molar-refractivity contribution in [3.63, 3.8) is 0 Å². The highest BCUT2D eigenvalue weighted by Gasteiger charge is 2.35. The van der Waals surface area contributed by atoms with Crippen LogP contribution >= 0.6 is 0 Å². The SMILES string of the molecule is COc1ccc(OC2CCN(C(=O)C3CC3)CC2)c(C(=O)NC[C@@H](C)O)c1. The Morgan fingerprint density at radius 2 is 1.96 bits per heavy atom. The number of carbonyl (C=O) groups is 2. The molecule has 2 N–H and O–H groups in total. The lowest BCUT2D eigenvalue weighted by atomic mass is 10.1. The molecule has 148 valence electrons. The molecule has 2 amide bonds. The molecule has 0 aromatic heterocycles. The van der Waals surface area contributed by atoms with Crippen molar-refractivity contribution in [2.75, 3.05) is 26.7 Å². The average Bonchev–Trinajstić information content (AvgIpc) is 3.51. The van der Waals surface area contributed by atoms with Gasteiger partial charge in [0, 0.05) is 38.4 Å². The molecule has 0 unspecified atom stereocenters. The van der Waals surface area contributed by atoms with Crippen LogP contribution in [-0.2, 0) is 4.79 Å². The van der Waals surface area contributed by atoms with Crippen LogP contribution in [0.3, 0.4) is 0 Å². The number of ether oxygens (including phenoxy) is 2. The predicted molar refractivity (Wildman–Crippen MR) is 100.0 cm³/mol. The highest BCUT2D eigenvalue weighted by Crippen LogP contribution is 2.32. The van der Waals surface area contributed by atoms with Crippen LogP contribution in [0.4, 0.5) is 0 Å². The highest BCUT2D eigenvalue weighted by atomic mass is 16.5. The zero-order chi connectivity index (χ0) is 19.4. The van der Waals surface area contributed by atoms with Crippen LogP contribution in [0.15, 0.2) is 18.2 Å². The second-order valence-corrected chi connectivity index (χ2v) is 7.34. The van der Waals surface area contributed by atoms with Gasteiger partial charge in [0.1, 0.15) is 17.6 Å². The van der Waals surface area contributed by atoms with E-state index in [4.69, 9.17) is 9.47 Å². The molecule has 1 saturated carbocycles. The maximum Gasteiger partial charge on any atom is 0.255 e. The van der Waals surface area contributed by atoms with Crippen LogP contribution in [0.25, 0.3) is 0 Å². The van der Waals surface area contributed by atoms with Crippen LogP contribution in [-0.4, -0.2) is 60.8 Å². The molecule has 2 fully saturated rings. The zero-order valence-electron chi connectivity index (χ0n) is 15.9. The summed E-state index contributed by atoms with van der Waals surface area (Å²) in [6.07, 6.45) is 2.87. The number of amides is 2. The predicted octanol–water partition coefficient (Wildman–Crippen LogP) is 1.59. The third-order valence-electron chi connectivity index (χ3n) is 4.96. The third-order valence-corrected chi connectivity index (χ3v) is 4.96. The quantitative estimate of drug-likeness (QED) is 0.754. The monoisotopic (exact) mass is 376 g/mol. The Morgan fingerprint density at radius 3 is 2.56 bits per heavy atom. The number of aliphatic hydroxyl groups is 1. The smallest absolute Gasteiger partial charge is 0.255 e. The van der Waals surface area contributed by atoms with Crippen molar-refractivity contribution in [2.24, 2.45) is 5.92 Å². The van der Waals surface area contributed by atoms with E-state index in [0.29, 0.717) is 30.2 Å². The van der Waals surface area contributed by atoms with Gasteiger partial charge in [-0.05, 0) is 38.0 Å². The number of benzene rings is 1. The molecule has 1 aromatic rings. The van der Waals surface area contributed by atoms with Crippen LogP contribution in [0.2, 0.25) is 0 Å². The van der Waals surface area contributed by atoms with Gasteiger partial charge in [0.25, 0.3) is 5.91 Å². The summed E-state index contributed by atoms with van der Waals surface area (Å²) < 4.78 is 11.3. The first-order valence-corrected chi connectivity index (χ1v) is 9.57. The summed E-state index contributed by atoms with van der Waals surface area (Å²) in [5.74, 6) is 1.26. The number of rotatable bonds is 7. The molecule has 7 heteroatoms. The van der Waals surface area contributed by atoms with Gasteiger partial charge in [-0.1, -0.05) is 0 Å². The minimum Gasteiger partial charge on any atom is -0.497 e. The lowest BCUT2D eigenvalue weighted by Gasteiger charge is -2.32. The van der Waals surface area contributed by atoms with Gasteiger partial charge in [-0.3, -0.25) is 9.59 Å². The molecule has 3 rings (SSSR count).